The SMILES string of the molecule is CO[C@H]1C[C@@H]2[C@H]([C@H](O[C@H]3O[C@@H](CO)[C@H](O)[C@@H](O)[C@@H]3O)O1)[C@@](C)(O)C[C@H]2O. The second kappa shape index (κ2) is 7.55. The first-order chi connectivity index (χ1) is 12.2. The zero-order valence-electron chi connectivity index (χ0n) is 14.7. The van der Waals surface area contributed by atoms with Crippen molar-refractivity contribution in [1.29, 1.82) is 0 Å². The molecule has 1 saturated carbocycles. The third-order valence-electron chi connectivity index (χ3n) is 5.72. The zero-order valence-corrected chi connectivity index (χ0v) is 14.7. The van der Waals surface area contributed by atoms with Gasteiger partial charge in [-0.2, -0.15) is 0 Å². The summed E-state index contributed by atoms with van der Waals surface area (Å²) in [5.41, 5.74) is -1.28. The normalized spacial score (nSPS) is 54.9. The monoisotopic (exact) mass is 380 g/mol. The van der Waals surface area contributed by atoms with E-state index in [0.29, 0.717) is 6.42 Å². The summed E-state index contributed by atoms with van der Waals surface area (Å²) in [4.78, 5) is 0. The van der Waals surface area contributed by atoms with E-state index in [4.69, 9.17) is 18.9 Å². The summed E-state index contributed by atoms with van der Waals surface area (Å²) in [6.45, 7) is 0.987. The van der Waals surface area contributed by atoms with Crippen LogP contribution in [-0.4, -0.2) is 99.3 Å². The molecule has 3 rings (SSSR count). The number of aliphatic hydroxyl groups is 6. The van der Waals surface area contributed by atoms with Gasteiger partial charge in [0.25, 0.3) is 0 Å². The maximum absolute atomic E-state index is 10.7. The van der Waals surface area contributed by atoms with E-state index in [1.807, 2.05) is 0 Å². The second-order valence-corrected chi connectivity index (χ2v) is 7.56. The topological polar surface area (TPSA) is 158 Å². The van der Waals surface area contributed by atoms with Crippen LogP contribution < -0.4 is 0 Å². The van der Waals surface area contributed by atoms with Gasteiger partial charge in [0, 0.05) is 31.8 Å². The van der Waals surface area contributed by atoms with Gasteiger partial charge < -0.3 is 49.6 Å². The molecule has 11 atom stereocenters. The molecule has 0 radical (unpaired) electrons. The fourth-order valence-corrected chi connectivity index (χ4v) is 4.30. The van der Waals surface area contributed by atoms with Crippen LogP contribution in [-0.2, 0) is 18.9 Å². The standard InChI is InChI=1S/C16H28O10/c1-16(22)4-7(18)6-3-9(23-2)25-14(10(6)16)26-15-13(21)12(20)11(19)8(5-17)24-15/h6-15,17-22H,3-5H2,1-2H3/t6-,7+,8-,9+,10+,11-,12+,13-,14-,15+,16-/m0/s1. The Morgan fingerprint density at radius 3 is 2.35 bits per heavy atom. The number of ether oxygens (including phenoxy) is 4. The molecule has 0 spiro atoms. The van der Waals surface area contributed by atoms with Crippen LogP contribution in [0.25, 0.3) is 0 Å². The maximum Gasteiger partial charge on any atom is 0.189 e. The number of fused-ring (bicyclic) bond motifs is 1. The third-order valence-corrected chi connectivity index (χ3v) is 5.72. The van der Waals surface area contributed by atoms with Crippen LogP contribution in [0.4, 0.5) is 0 Å². The van der Waals surface area contributed by atoms with Gasteiger partial charge in [0.1, 0.15) is 24.4 Å². The summed E-state index contributed by atoms with van der Waals surface area (Å²) in [5.74, 6) is -0.963. The van der Waals surface area contributed by atoms with Crippen molar-refractivity contribution in [2.75, 3.05) is 13.7 Å². The highest BCUT2D eigenvalue weighted by Gasteiger charge is 2.58. The molecule has 26 heavy (non-hydrogen) atoms. The molecule has 152 valence electrons. The summed E-state index contributed by atoms with van der Waals surface area (Å²) >= 11 is 0. The summed E-state index contributed by atoms with van der Waals surface area (Å²) in [6.07, 6.45) is -9.24. The van der Waals surface area contributed by atoms with Gasteiger partial charge in [0.2, 0.25) is 0 Å². The van der Waals surface area contributed by atoms with Crippen molar-refractivity contribution in [2.45, 2.75) is 74.8 Å². The average Bonchev–Trinajstić information content (AvgIpc) is 2.84. The Balaban J connectivity index is 1.79. The first-order valence-electron chi connectivity index (χ1n) is 8.74. The highest BCUT2D eigenvalue weighted by Crippen LogP contribution is 2.49. The first kappa shape index (κ1) is 20.3. The molecule has 0 aromatic carbocycles. The molecule has 2 aliphatic heterocycles. The molecule has 1 aliphatic carbocycles. The first-order valence-corrected chi connectivity index (χ1v) is 8.74. The van der Waals surface area contributed by atoms with E-state index >= 15 is 0 Å². The maximum atomic E-state index is 10.7. The van der Waals surface area contributed by atoms with Gasteiger partial charge in [-0.3, -0.25) is 0 Å². The lowest BCUT2D eigenvalue weighted by Crippen LogP contribution is -2.61. The van der Waals surface area contributed by atoms with E-state index in [1.165, 1.54) is 7.11 Å². The predicted octanol–water partition coefficient (Wildman–Crippen LogP) is -2.73. The molecule has 2 heterocycles. The number of hydrogen-bond acceptors (Lipinski definition) is 10. The largest absolute Gasteiger partial charge is 0.394 e. The lowest BCUT2D eigenvalue weighted by atomic mass is 9.82. The second-order valence-electron chi connectivity index (χ2n) is 7.56. The quantitative estimate of drug-likeness (QED) is 0.302. The van der Waals surface area contributed by atoms with Gasteiger partial charge in [0.15, 0.2) is 18.9 Å². The molecule has 0 amide bonds. The van der Waals surface area contributed by atoms with Gasteiger partial charge in [-0.05, 0) is 6.92 Å². The highest BCUT2D eigenvalue weighted by atomic mass is 16.8. The van der Waals surface area contributed by atoms with Crippen molar-refractivity contribution in [3.8, 4) is 0 Å². The number of methoxy groups -OCH3 is 1. The van der Waals surface area contributed by atoms with E-state index < -0.39 is 67.5 Å². The Kier molecular flexibility index (Phi) is 5.91. The summed E-state index contributed by atoms with van der Waals surface area (Å²) in [5, 5.41) is 60.2. The molecule has 0 unspecified atom stereocenters. The van der Waals surface area contributed by atoms with Gasteiger partial charge in [-0.25, -0.2) is 0 Å². The average molecular weight is 380 g/mol. The van der Waals surface area contributed by atoms with Crippen molar-refractivity contribution in [1.82, 2.24) is 0 Å². The van der Waals surface area contributed by atoms with Crippen molar-refractivity contribution < 1.29 is 49.6 Å². The van der Waals surface area contributed by atoms with E-state index in [0.717, 1.165) is 0 Å². The van der Waals surface area contributed by atoms with Crippen LogP contribution in [0.15, 0.2) is 0 Å². The lowest BCUT2D eigenvalue weighted by molar-refractivity contribution is -0.381. The lowest BCUT2D eigenvalue weighted by Gasteiger charge is -2.46. The minimum atomic E-state index is -1.59. The Bertz CT molecular complexity index is 486. The molecule has 0 aromatic rings. The van der Waals surface area contributed by atoms with Crippen LogP contribution in [0.2, 0.25) is 0 Å². The minimum Gasteiger partial charge on any atom is -0.394 e. The third kappa shape index (κ3) is 3.51. The Hall–Kier alpha value is -0.400. The Labute approximate surface area is 150 Å². The Morgan fingerprint density at radius 1 is 1.04 bits per heavy atom. The molecular formula is C16H28O10. The van der Waals surface area contributed by atoms with Crippen LogP contribution in [0.1, 0.15) is 19.8 Å². The van der Waals surface area contributed by atoms with Gasteiger partial charge in [0.05, 0.1) is 18.3 Å². The molecular weight excluding hydrogens is 352 g/mol. The zero-order chi connectivity index (χ0) is 19.2. The molecule has 2 saturated heterocycles. The fraction of sp³-hybridized carbons (Fsp3) is 1.00. The van der Waals surface area contributed by atoms with E-state index in [9.17, 15) is 30.6 Å². The molecule has 0 aromatic heterocycles. The molecule has 0 bridgehead atoms. The van der Waals surface area contributed by atoms with Gasteiger partial charge in [-0.1, -0.05) is 0 Å². The smallest absolute Gasteiger partial charge is 0.189 e. The van der Waals surface area contributed by atoms with Crippen LogP contribution in [0, 0.1) is 11.8 Å². The molecule has 3 aliphatic rings. The molecule has 6 N–H and O–H groups in total. The molecule has 10 nitrogen and oxygen atoms in total. The van der Waals surface area contributed by atoms with Gasteiger partial charge >= 0.3 is 0 Å². The van der Waals surface area contributed by atoms with Crippen molar-refractivity contribution in [2.24, 2.45) is 11.8 Å². The fourth-order valence-electron chi connectivity index (χ4n) is 4.30. The van der Waals surface area contributed by atoms with Crippen molar-refractivity contribution >= 4 is 0 Å². The highest BCUT2D eigenvalue weighted by molar-refractivity contribution is 5.03. The van der Waals surface area contributed by atoms with E-state index in [2.05, 4.69) is 0 Å². The minimum absolute atomic E-state index is 0.136. The summed E-state index contributed by atoms with van der Waals surface area (Å²) in [6, 6.07) is 0. The summed E-state index contributed by atoms with van der Waals surface area (Å²) < 4.78 is 22.0. The van der Waals surface area contributed by atoms with Crippen LogP contribution in [0.5, 0.6) is 0 Å². The molecule has 10 heteroatoms. The van der Waals surface area contributed by atoms with Crippen LogP contribution >= 0.6 is 0 Å². The summed E-state index contributed by atoms with van der Waals surface area (Å²) in [7, 11) is 1.44. The van der Waals surface area contributed by atoms with E-state index in [1.54, 1.807) is 6.92 Å². The molecule has 3 fully saturated rings. The van der Waals surface area contributed by atoms with Crippen molar-refractivity contribution in [3.63, 3.8) is 0 Å². The van der Waals surface area contributed by atoms with Crippen LogP contribution in [0.3, 0.4) is 0 Å². The van der Waals surface area contributed by atoms with E-state index in [-0.39, 0.29) is 12.3 Å². The Morgan fingerprint density at radius 2 is 1.73 bits per heavy atom. The number of aliphatic hydroxyl groups excluding tert-OH is 5. The predicted molar refractivity (Wildman–Crippen MR) is 83.4 cm³/mol. The van der Waals surface area contributed by atoms with Crippen molar-refractivity contribution in [3.05, 3.63) is 0 Å². The van der Waals surface area contributed by atoms with Gasteiger partial charge in [-0.15, -0.1) is 0 Å². The number of rotatable bonds is 4. The number of hydrogen-bond donors (Lipinski definition) is 6.